The molecular formula is C15H11F2N3O2S. The van der Waals surface area contributed by atoms with Gasteiger partial charge in [-0.25, -0.2) is 8.78 Å². The first kappa shape index (κ1) is 15.3. The molecule has 0 radical (unpaired) electrons. The smallest absolute Gasteiger partial charge is 0.233 e. The fourth-order valence-electron chi connectivity index (χ4n) is 2.03. The Hall–Kier alpha value is -2.61. The van der Waals surface area contributed by atoms with Crippen LogP contribution in [0, 0.1) is 18.6 Å². The molecular weight excluding hydrogens is 324 g/mol. The van der Waals surface area contributed by atoms with Gasteiger partial charge in [-0.3, -0.25) is 4.79 Å². The van der Waals surface area contributed by atoms with E-state index in [-0.39, 0.29) is 23.3 Å². The van der Waals surface area contributed by atoms with Crippen LogP contribution in [-0.2, 0) is 6.42 Å². The van der Waals surface area contributed by atoms with Crippen molar-refractivity contribution in [3.63, 3.8) is 0 Å². The summed E-state index contributed by atoms with van der Waals surface area (Å²) in [5.74, 6) is -1.68. The van der Waals surface area contributed by atoms with Gasteiger partial charge in [-0.15, -0.1) is 10.2 Å². The summed E-state index contributed by atoms with van der Waals surface area (Å²) in [5.41, 5.74) is 0.292. The predicted molar refractivity (Wildman–Crippen MR) is 81.5 cm³/mol. The monoisotopic (exact) mass is 335 g/mol. The Labute approximate surface area is 133 Å². The lowest BCUT2D eigenvalue weighted by molar-refractivity contribution is 0.463. The van der Waals surface area contributed by atoms with Gasteiger partial charge < -0.3 is 10.1 Å². The van der Waals surface area contributed by atoms with Gasteiger partial charge in [0.1, 0.15) is 16.6 Å². The van der Waals surface area contributed by atoms with Gasteiger partial charge >= 0.3 is 0 Å². The van der Waals surface area contributed by atoms with Crippen molar-refractivity contribution in [3.05, 3.63) is 62.5 Å². The second-order valence-corrected chi connectivity index (χ2v) is 5.98. The Morgan fingerprint density at radius 1 is 1.30 bits per heavy atom. The molecule has 5 nitrogen and oxygen atoms in total. The highest BCUT2D eigenvalue weighted by Crippen LogP contribution is 2.24. The number of pyridine rings is 1. The number of benzene rings is 1. The van der Waals surface area contributed by atoms with Gasteiger partial charge in [0.05, 0.1) is 11.3 Å². The standard InChI is InChI=1S/C15H11F2N3O2S/c1-7-13(21)14(22)10(6-18-7)15-20-19-12(23-15)4-8-2-3-9(16)5-11(8)17/h2-3,5-6,21H,4H2,1H3,(H,18,22). The van der Waals surface area contributed by atoms with Crippen LogP contribution in [0.15, 0.2) is 29.2 Å². The number of nitrogens with one attached hydrogen (secondary N) is 1. The lowest BCUT2D eigenvalue weighted by Crippen LogP contribution is -2.06. The largest absolute Gasteiger partial charge is 0.503 e. The van der Waals surface area contributed by atoms with Gasteiger partial charge in [-0.2, -0.15) is 0 Å². The zero-order valence-electron chi connectivity index (χ0n) is 11.9. The van der Waals surface area contributed by atoms with Crippen LogP contribution in [0.4, 0.5) is 8.78 Å². The third kappa shape index (κ3) is 2.98. The van der Waals surface area contributed by atoms with E-state index in [0.717, 1.165) is 17.4 Å². The van der Waals surface area contributed by atoms with Crippen molar-refractivity contribution in [2.45, 2.75) is 13.3 Å². The molecule has 1 aromatic carbocycles. The maximum absolute atomic E-state index is 13.7. The summed E-state index contributed by atoms with van der Waals surface area (Å²) in [7, 11) is 0. The van der Waals surface area contributed by atoms with Gasteiger partial charge in [0.15, 0.2) is 10.8 Å². The van der Waals surface area contributed by atoms with E-state index in [9.17, 15) is 18.7 Å². The van der Waals surface area contributed by atoms with E-state index in [1.54, 1.807) is 6.92 Å². The van der Waals surface area contributed by atoms with Crippen molar-refractivity contribution in [1.82, 2.24) is 15.2 Å². The van der Waals surface area contributed by atoms with Gasteiger partial charge in [-0.1, -0.05) is 17.4 Å². The van der Waals surface area contributed by atoms with Crippen LogP contribution in [0.5, 0.6) is 5.75 Å². The first-order chi connectivity index (χ1) is 11.0. The molecule has 0 spiro atoms. The number of halogens is 2. The third-order valence-electron chi connectivity index (χ3n) is 3.30. The summed E-state index contributed by atoms with van der Waals surface area (Å²) in [5, 5.41) is 18.3. The van der Waals surface area contributed by atoms with Crippen LogP contribution < -0.4 is 5.43 Å². The van der Waals surface area contributed by atoms with Crippen molar-refractivity contribution in [1.29, 1.82) is 0 Å². The molecule has 0 aliphatic carbocycles. The summed E-state index contributed by atoms with van der Waals surface area (Å²) in [6.45, 7) is 1.57. The summed E-state index contributed by atoms with van der Waals surface area (Å²) in [6.07, 6.45) is 1.58. The Morgan fingerprint density at radius 2 is 2.09 bits per heavy atom. The van der Waals surface area contributed by atoms with Crippen LogP contribution in [0.2, 0.25) is 0 Å². The molecule has 2 N–H and O–H groups in total. The summed E-state index contributed by atoms with van der Waals surface area (Å²) in [4.78, 5) is 14.8. The number of rotatable bonds is 3. The predicted octanol–water partition coefficient (Wildman–Crippen LogP) is 2.78. The van der Waals surface area contributed by atoms with Crippen molar-refractivity contribution in [2.75, 3.05) is 0 Å². The molecule has 2 aromatic heterocycles. The van der Waals surface area contributed by atoms with Gasteiger partial charge in [-0.05, 0) is 18.6 Å². The Balaban J connectivity index is 1.92. The molecule has 0 aliphatic heterocycles. The van der Waals surface area contributed by atoms with E-state index in [0.29, 0.717) is 15.7 Å². The minimum absolute atomic E-state index is 0.138. The molecule has 0 saturated carbocycles. The Morgan fingerprint density at radius 3 is 2.83 bits per heavy atom. The van der Waals surface area contributed by atoms with Crippen molar-refractivity contribution in [2.24, 2.45) is 0 Å². The molecule has 8 heteroatoms. The molecule has 0 amide bonds. The minimum Gasteiger partial charge on any atom is -0.503 e. The lowest BCUT2D eigenvalue weighted by atomic mass is 10.1. The average Bonchev–Trinajstić information content (AvgIpc) is 2.96. The molecule has 3 aromatic rings. The minimum atomic E-state index is -0.660. The van der Waals surface area contributed by atoms with Crippen LogP contribution >= 0.6 is 11.3 Å². The number of aromatic hydroxyl groups is 1. The van der Waals surface area contributed by atoms with E-state index in [1.807, 2.05) is 0 Å². The molecule has 23 heavy (non-hydrogen) atoms. The number of hydrogen-bond donors (Lipinski definition) is 2. The van der Waals surface area contributed by atoms with Crippen LogP contribution in [0.1, 0.15) is 16.3 Å². The van der Waals surface area contributed by atoms with Crippen LogP contribution in [0.3, 0.4) is 0 Å². The highest BCUT2D eigenvalue weighted by Gasteiger charge is 2.15. The first-order valence-electron chi connectivity index (χ1n) is 6.63. The molecule has 0 aliphatic rings. The van der Waals surface area contributed by atoms with E-state index in [4.69, 9.17) is 0 Å². The fraction of sp³-hybridized carbons (Fsp3) is 0.133. The van der Waals surface area contributed by atoms with Gasteiger partial charge in [0, 0.05) is 18.7 Å². The lowest BCUT2D eigenvalue weighted by Gasteiger charge is -2.00. The maximum atomic E-state index is 13.7. The summed E-state index contributed by atoms with van der Waals surface area (Å²) in [6, 6.07) is 3.32. The SMILES string of the molecule is Cc1[nH]cc(-c2nnc(Cc3ccc(F)cc3F)s2)c(=O)c1O. The molecule has 0 unspecified atom stereocenters. The summed E-state index contributed by atoms with van der Waals surface area (Å²) >= 11 is 1.11. The zero-order chi connectivity index (χ0) is 16.6. The van der Waals surface area contributed by atoms with E-state index in [1.165, 1.54) is 18.3 Å². The highest BCUT2D eigenvalue weighted by atomic mass is 32.1. The normalized spacial score (nSPS) is 10.9. The second-order valence-electron chi connectivity index (χ2n) is 4.92. The Kier molecular flexibility index (Phi) is 3.91. The Bertz CT molecular complexity index is 937. The second kappa shape index (κ2) is 5.88. The van der Waals surface area contributed by atoms with Gasteiger partial charge in [0.2, 0.25) is 5.43 Å². The number of aromatic amines is 1. The third-order valence-corrected chi connectivity index (χ3v) is 4.26. The van der Waals surface area contributed by atoms with Crippen molar-refractivity contribution >= 4 is 11.3 Å². The van der Waals surface area contributed by atoms with Crippen molar-refractivity contribution in [3.8, 4) is 16.3 Å². The first-order valence-corrected chi connectivity index (χ1v) is 7.45. The maximum Gasteiger partial charge on any atom is 0.233 e. The molecule has 0 bridgehead atoms. The van der Waals surface area contributed by atoms with E-state index in [2.05, 4.69) is 15.2 Å². The topological polar surface area (TPSA) is 78.9 Å². The average molecular weight is 335 g/mol. The van der Waals surface area contributed by atoms with Gasteiger partial charge in [0.25, 0.3) is 0 Å². The fourth-order valence-corrected chi connectivity index (χ4v) is 2.91. The van der Waals surface area contributed by atoms with Crippen molar-refractivity contribution < 1.29 is 13.9 Å². The molecule has 0 saturated heterocycles. The number of nitrogens with zero attached hydrogens (tertiary/aromatic N) is 2. The molecule has 118 valence electrons. The molecule has 0 fully saturated rings. The number of aromatic nitrogens is 3. The molecule has 2 heterocycles. The van der Waals surface area contributed by atoms with E-state index >= 15 is 0 Å². The number of aryl methyl sites for hydroxylation is 1. The van der Waals surface area contributed by atoms with Crippen LogP contribution in [0.25, 0.3) is 10.6 Å². The zero-order valence-corrected chi connectivity index (χ0v) is 12.7. The molecule has 3 rings (SSSR count). The van der Waals surface area contributed by atoms with Crippen LogP contribution in [-0.4, -0.2) is 20.3 Å². The number of hydrogen-bond acceptors (Lipinski definition) is 5. The number of H-pyrrole nitrogens is 1. The highest BCUT2D eigenvalue weighted by molar-refractivity contribution is 7.14. The quantitative estimate of drug-likeness (QED) is 0.771. The molecule has 0 atom stereocenters. The summed E-state index contributed by atoms with van der Waals surface area (Å²) < 4.78 is 26.6. The van der Waals surface area contributed by atoms with E-state index < -0.39 is 17.1 Å².